The van der Waals surface area contributed by atoms with Crippen LogP contribution >= 0.6 is 37.2 Å². The average molecular weight is 686 g/mol. The molecule has 1 aliphatic heterocycles. The van der Waals surface area contributed by atoms with E-state index in [-0.39, 0.29) is 48.9 Å². The van der Waals surface area contributed by atoms with Crippen molar-refractivity contribution >= 4 is 42.9 Å². The molecule has 10 heteroatoms. The van der Waals surface area contributed by atoms with Crippen LogP contribution < -0.4 is 9.64 Å². The molecule has 3 heterocycles. The van der Waals surface area contributed by atoms with Crippen LogP contribution in [0.2, 0.25) is 0 Å². The summed E-state index contributed by atoms with van der Waals surface area (Å²) >= 11 is 0. The predicted molar refractivity (Wildman–Crippen MR) is 188 cm³/mol. The zero-order chi connectivity index (χ0) is 29.6. The molecule has 242 valence electrons. The molecule has 46 heavy (non-hydrogen) atoms. The highest BCUT2D eigenvalue weighted by atomic mass is 35.5. The smallest absolute Gasteiger partial charge is 0.123 e. The van der Waals surface area contributed by atoms with Gasteiger partial charge in [0.05, 0.1) is 18.5 Å². The Morgan fingerprint density at radius 2 is 1.26 bits per heavy atom. The number of piperidine rings is 1. The zero-order valence-electron chi connectivity index (χ0n) is 25.4. The maximum Gasteiger partial charge on any atom is 0.123 e. The van der Waals surface area contributed by atoms with Gasteiger partial charge >= 0.3 is 0 Å². The number of benzene rings is 3. The highest BCUT2D eigenvalue weighted by molar-refractivity contribution is 5.86. The fourth-order valence-corrected chi connectivity index (χ4v) is 5.81. The Hall–Kier alpha value is -3.75. The summed E-state index contributed by atoms with van der Waals surface area (Å²) in [4.78, 5) is 13.9. The van der Waals surface area contributed by atoms with Crippen molar-refractivity contribution in [3.8, 4) is 28.3 Å². The van der Waals surface area contributed by atoms with Crippen molar-refractivity contribution in [3.63, 3.8) is 0 Å². The van der Waals surface area contributed by atoms with Gasteiger partial charge in [0.1, 0.15) is 17.4 Å². The molecule has 0 atom stereocenters. The molecule has 0 bridgehead atoms. The maximum absolute atomic E-state index is 13.9. The van der Waals surface area contributed by atoms with Gasteiger partial charge in [-0.05, 0) is 96.8 Å². The number of halogens is 5. The Morgan fingerprint density at radius 1 is 0.717 bits per heavy atom. The third-order valence-corrected chi connectivity index (χ3v) is 8.05. The van der Waals surface area contributed by atoms with E-state index in [0.29, 0.717) is 12.6 Å². The summed E-state index contributed by atoms with van der Waals surface area (Å²) in [6.07, 6.45) is 5.63. The molecule has 2 aromatic heterocycles. The van der Waals surface area contributed by atoms with Crippen molar-refractivity contribution in [1.82, 2.24) is 14.9 Å². The van der Waals surface area contributed by atoms with Gasteiger partial charge in [0.2, 0.25) is 0 Å². The lowest BCUT2D eigenvalue weighted by Crippen LogP contribution is -2.44. The van der Waals surface area contributed by atoms with Crippen LogP contribution in [0, 0.1) is 11.6 Å². The van der Waals surface area contributed by atoms with Crippen LogP contribution in [0.25, 0.3) is 22.5 Å². The number of aromatic nitrogens is 2. The van der Waals surface area contributed by atoms with E-state index in [1.54, 1.807) is 31.6 Å². The topological polar surface area (TPSA) is 41.5 Å². The number of rotatable bonds is 9. The minimum absolute atomic E-state index is 0. The van der Waals surface area contributed by atoms with E-state index in [9.17, 15) is 8.78 Å². The summed E-state index contributed by atoms with van der Waals surface area (Å²) in [5.74, 6) is 0.296. The lowest BCUT2D eigenvalue weighted by molar-refractivity contribution is 0.201. The van der Waals surface area contributed by atoms with E-state index in [0.717, 1.165) is 72.0 Å². The molecule has 0 unspecified atom stereocenters. The van der Waals surface area contributed by atoms with Crippen molar-refractivity contribution in [1.29, 1.82) is 0 Å². The van der Waals surface area contributed by atoms with Crippen LogP contribution in [0.5, 0.6) is 5.75 Å². The van der Waals surface area contributed by atoms with Gasteiger partial charge in [0.15, 0.2) is 0 Å². The molecule has 6 rings (SSSR count). The van der Waals surface area contributed by atoms with Crippen LogP contribution in [0.4, 0.5) is 14.5 Å². The van der Waals surface area contributed by atoms with E-state index in [4.69, 9.17) is 4.74 Å². The Bertz CT molecular complexity index is 1680. The molecule has 1 saturated heterocycles. The largest absolute Gasteiger partial charge is 0.497 e. The summed E-state index contributed by atoms with van der Waals surface area (Å²) < 4.78 is 33.1. The molecule has 3 aromatic carbocycles. The first-order chi connectivity index (χ1) is 21.0. The van der Waals surface area contributed by atoms with E-state index >= 15 is 0 Å². The minimum atomic E-state index is -0.270. The molecule has 0 radical (unpaired) electrons. The Morgan fingerprint density at radius 3 is 1.80 bits per heavy atom. The van der Waals surface area contributed by atoms with Crippen LogP contribution in [-0.2, 0) is 13.1 Å². The first kappa shape index (κ1) is 36.7. The van der Waals surface area contributed by atoms with Gasteiger partial charge in [0.25, 0.3) is 0 Å². The SMILES string of the molecule is COc1ccc(N(Cc2ccnc(-c3cccc(F)c3)c2)C2CCN(Cc3ccnc(-c4cccc(F)c4)c3)CC2)cc1.Cl.Cl.Cl. The van der Waals surface area contributed by atoms with Gasteiger partial charge in [-0.15, -0.1) is 37.2 Å². The Labute approximate surface area is 287 Å². The van der Waals surface area contributed by atoms with Crippen molar-refractivity contribution in [2.45, 2.75) is 32.0 Å². The van der Waals surface area contributed by atoms with E-state index < -0.39 is 0 Å². The number of ether oxygens (including phenoxy) is 1. The standard InChI is InChI=1S/C36H34F2N4O.3ClH/c1-43-34-10-8-32(9-11-34)42(25-27-13-17-40-36(21-27)29-5-3-7-31(38)23-29)33-14-18-41(19-15-33)24-26-12-16-39-35(20-26)28-4-2-6-30(37)22-28;;;/h2-13,16-17,20-23,33H,14-15,18-19,24-25H2,1H3;3*1H. The minimum Gasteiger partial charge on any atom is -0.497 e. The second-order valence-corrected chi connectivity index (χ2v) is 11.0. The Kier molecular flexibility index (Phi) is 13.8. The second kappa shape index (κ2) is 17.2. The second-order valence-electron chi connectivity index (χ2n) is 11.0. The summed E-state index contributed by atoms with van der Waals surface area (Å²) in [7, 11) is 1.68. The van der Waals surface area contributed by atoms with Crippen molar-refractivity contribution in [2.24, 2.45) is 0 Å². The molecular formula is C36H37Cl3F2N4O. The molecule has 0 N–H and O–H groups in total. The predicted octanol–water partition coefficient (Wildman–Crippen LogP) is 9.03. The molecule has 0 amide bonds. The number of hydrogen-bond donors (Lipinski definition) is 0. The van der Waals surface area contributed by atoms with Gasteiger partial charge in [-0.25, -0.2) is 8.78 Å². The zero-order valence-corrected chi connectivity index (χ0v) is 27.8. The van der Waals surface area contributed by atoms with Gasteiger partial charge in [-0.3, -0.25) is 14.9 Å². The molecule has 5 aromatic rings. The van der Waals surface area contributed by atoms with Gasteiger partial charge in [0, 0.05) is 61.4 Å². The van der Waals surface area contributed by atoms with Crippen molar-refractivity contribution < 1.29 is 13.5 Å². The highest BCUT2D eigenvalue weighted by Crippen LogP contribution is 2.29. The van der Waals surface area contributed by atoms with E-state index in [1.807, 2.05) is 36.4 Å². The van der Waals surface area contributed by atoms with E-state index in [2.05, 4.69) is 44.0 Å². The fraction of sp³-hybridized carbons (Fsp3) is 0.222. The van der Waals surface area contributed by atoms with E-state index in [1.165, 1.54) is 29.8 Å². The average Bonchev–Trinajstić information content (AvgIpc) is 3.04. The summed E-state index contributed by atoms with van der Waals surface area (Å²) in [5.41, 5.74) is 6.52. The normalized spacial score (nSPS) is 13.1. The highest BCUT2D eigenvalue weighted by Gasteiger charge is 2.26. The molecule has 1 fully saturated rings. The van der Waals surface area contributed by atoms with Crippen LogP contribution in [0.15, 0.2) is 109 Å². The number of pyridine rings is 2. The first-order valence-electron chi connectivity index (χ1n) is 14.6. The molecule has 0 saturated carbocycles. The molecule has 1 aliphatic rings. The van der Waals surface area contributed by atoms with Crippen LogP contribution in [-0.4, -0.2) is 41.1 Å². The number of methoxy groups -OCH3 is 1. The molecule has 5 nitrogen and oxygen atoms in total. The maximum atomic E-state index is 13.9. The fourth-order valence-electron chi connectivity index (χ4n) is 5.81. The van der Waals surface area contributed by atoms with Crippen LogP contribution in [0.3, 0.4) is 0 Å². The third-order valence-electron chi connectivity index (χ3n) is 8.05. The van der Waals surface area contributed by atoms with Gasteiger partial charge in [-0.1, -0.05) is 24.3 Å². The lowest BCUT2D eigenvalue weighted by Gasteiger charge is -2.40. The Balaban J connectivity index is 0.00000192. The van der Waals surface area contributed by atoms with Gasteiger partial charge < -0.3 is 9.64 Å². The number of likely N-dealkylation sites (tertiary alicyclic amines) is 1. The summed E-state index contributed by atoms with van der Waals surface area (Å²) in [6.45, 7) is 3.45. The molecule has 0 aliphatic carbocycles. The lowest BCUT2D eigenvalue weighted by atomic mass is 10.00. The van der Waals surface area contributed by atoms with Gasteiger partial charge in [-0.2, -0.15) is 0 Å². The summed E-state index contributed by atoms with van der Waals surface area (Å²) in [6, 6.07) is 29.9. The van der Waals surface area contributed by atoms with Crippen LogP contribution in [0.1, 0.15) is 24.0 Å². The molecule has 0 spiro atoms. The summed E-state index contributed by atoms with van der Waals surface area (Å²) in [5, 5.41) is 0. The molecular weight excluding hydrogens is 649 g/mol. The van der Waals surface area contributed by atoms with Crippen molar-refractivity contribution in [2.75, 3.05) is 25.1 Å². The number of nitrogens with zero attached hydrogens (tertiary/aromatic N) is 4. The monoisotopic (exact) mass is 684 g/mol. The number of hydrogen-bond acceptors (Lipinski definition) is 5. The number of anilines is 1. The quantitative estimate of drug-likeness (QED) is 0.155. The third kappa shape index (κ3) is 9.17. The van der Waals surface area contributed by atoms with Crippen molar-refractivity contribution in [3.05, 3.63) is 132 Å². The first-order valence-corrected chi connectivity index (χ1v) is 14.6.